The quantitative estimate of drug-likeness (QED) is 0.326. The molecule has 0 aliphatic heterocycles. The van der Waals surface area contributed by atoms with Crippen molar-refractivity contribution in [2.75, 3.05) is 6.61 Å². The summed E-state index contributed by atoms with van der Waals surface area (Å²) in [4.78, 5) is 4.68. The predicted molar refractivity (Wildman–Crippen MR) is 137 cm³/mol. The molecule has 4 aromatic rings. The summed E-state index contributed by atoms with van der Waals surface area (Å²) >= 11 is 6.11. The Bertz CT molecular complexity index is 1270. The van der Waals surface area contributed by atoms with Crippen LogP contribution in [0.4, 0.5) is 0 Å². The van der Waals surface area contributed by atoms with Crippen molar-refractivity contribution < 1.29 is 10.2 Å². The Morgan fingerprint density at radius 3 is 2.39 bits per heavy atom. The summed E-state index contributed by atoms with van der Waals surface area (Å²) in [5.74, 6) is -0.0190. The van der Waals surface area contributed by atoms with E-state index in [9.17, 15) is 10.2 Å². The van der Waals surface area contributed by atoms with Crippen LogP contribution in [0.5, 0.6) is 0 Å². The summed E-state index contributed by atoms with van der Waals surface area (Å²) in [6.07, 6.45) is 4.97. The third kappa shape index (κ3) is 6.08. The molecule has 0 radical (unpaired) electrons. The number of rotatable bonds is 8. The van der Waals surface area contributed by atoms with Gasteiger partial charge in [-0.1, -0.05) is 78.3 Å². The van der Waals surface area contributed by atoms with Crippen molar-refractivity contribution in [1.29, 1.82) is 0 Å². The van der Waals surface area contributed by atoms with Crippen LogP contribution in [-0.2, 0) is 12.8 Å². The molecule has 0 fully saturated rings. The molecule has 0 spiro atoms. The Labute approximate surface area is 200 Å². The molecule has 0 saturated heterocycles. The molecule has 1 heterocycles. The van der Waals surface area contributed by atoms with E-state index < -0.39 is 6.10 Å². The van der Waals surface area contributed by atoms with Crippen molar-refractivity contribution >= 4 is 34.7 Å². The third-order valence-corrected chi connectivity index (χ3v) is 6.06. The lowest BCUT2D eigenvalue weighted by atomic mass is 9.88. The minimum atomic E-state index is -0.396. The number of nitrogens with zero attached hydrogens (tertiary/aromatic N) is 1. The summed E-state index contributed by atoms with van der Waals surface area (Å²) < 4.78 is 0. The molecule has 1 aromatic heterocycles. The van der Waals surface area contributed by atoms with Crippen LogP contribution < -0.4 is 0 Å². The molecule has 3 aromatic carbocycles. The van der Waals surface area contributed by atoms with E-state index in [4.69, 9.17) is 11.6 Å². The van der Waals surface area contributed by atoms with Crippen LogP contribution in [0.3, 0.4) is 0 Å². The van der Waals surface area contributed by atoms with E-state index in [1.54, 1.807) is 6.92 Å². The highest BCUT2D eigenvalue weighted by Crippen LogP contribution is 2.25. The number of aromatic nitrogens is 1. The molecule has 0 aliphatic rings. The minimum Gasteiger partial charge on any atom is -0.396 e. The van der Waals surface area contributed by atoms with Gasteiger partial charge in [-0.15, -0.1) is 0 Å². The van der Waals surface area contributed by atoms with Gasteiger partial charge in [-0.2, -0.15) is 0 Å². The zero-order valence-corrected chi connectivity index (χ0v) is 19.4. The van der Waals surface area contributed by atoms with Crippen LogP contribution in [0.1, 0.15) is 40.8 Å². The smallest absolute Gasteiger partial charge is 0.0724 e. The highest BCUT2D eigenvalue weighted by atomic mass is 35.5. The number of aliphatic hydroxyl groups is 2. The van der Waals surface area contributed by atoms with E-state index in [1.807, 2.05) is 66.7 Å². The summed E-state index contributed by atoms with van der Waals surface area (Å²) in [6, 6.07) is 26.1. The monoisotopic (exact) mass is 457 g/mol. The van der Waals surface area contributed by atoms with Gasteiger partial charge in [0.05, 0.1) is 23.9 Å². The zero-order chi connectivity index (χ0) is 23.2. The van der Waals surface area contributed by atoms with E-state index in [2.05, 4.69) is 29.2 Å². The molecule has 4 rings (SSSR count). The van der Waals surface area contributed by atoms with Crippen LogP contribution in [0, 0.1) is 0 Å². The fraction of sp³-hybridized carbons (Fsp3) is 0.207. The molecule has 0 aliphatic carbocycles. The maximum Gasteiger partial charge on any atom is 0.0724 e. The number of pyridine rings is 1. The lowest BCUT2D eigenvalue weighted by Gasteiger charge is -2.18. The summed E-state index contributed by atoms with van der Waals surface area (Å²) in [6.45, 7) is 1.86. The van der Waals surface area contributed by atoms with Gasteiger partial charge in [-0.3, -0.25) is 0 Å². The lowest BCUT2D eigenvalue weighted by Crippen LogP contribution is -2.12. The average molecular weight is 458 g/mol. The number of benzene rings is 3. The Kier molecular flexibility index (Phi) is 7.56. The van der Waals surface area contributed by atoms with E-state index in [1.165, 1.54) is 0 Å². The first-order chi connectivity index (χ1) is 16.0. The van der Waals surface area contributed by atoms with Gasteiger partial charge in [0.15, 0.2) is 0 Å². The van der Waals surface area contributed by atoms with Crippen LogP contribution in [0.2, 0.25) is 5.02 Å². The number of hydrogen-bond acceptors (Lipinski definition) is 3. The van der Waals surface area contributed by atoms with E-state index >= 15 is 0 Å². The first-order valence-corrected chi connectivity index (χ1v) is 11.6. The van der Waals surface area contributed by atoms with Gasteiger partial charge in [0.1, 0.15) is 0 Å². The van der Waals surface area contributed by atoms with E-state index in [0.29, 0.717) is 11.4 Å². The maximum absolute atomic E-state index is 10.1. The van der Waals surface area contributed by atoms with Gasteiger partial charge in [-0.05, 0) is 66.3 Å². The molecular formula is C29H28ClNO2. The number of halogens is 1. The number of aliphatic hydroxyl groups excluding tert-OH is 2. The van der Waals surface area contributed by atoms with Crippen molar-refractivity contribution in [3.63, 3.8) is 0 Å². The first-order valence-electron chi connectivity index (χ1n) is 11.2. The molecule has 4 heteroatoms. The van der Waals surface area contributed by atoms with Crippen LogP contribution >= 0.6 is 11.6 Å². The molecule has 2 atom stereocenters. The minimum absolute atomic E-state index is 0.0190. The highest BCUT2D eigenvalue weighted by molar-refractivity contribution is 6.31. The predicted octanol–water partition coefficient (Wildman–Crippen LogP) is 6.30. The molecule has 0 saturated carbocycles. The third-order valence-electron chi connectivity index (χ3n) is 5.82. The second-order valence-electron chi connectivity index (χ2n) is 8.48. The van der Waals surface area contributed by atoms with Crippen molar-refractivity contribution in [3.8, 4) is 0 Å². The molecule has 0 amide bonds. The van der Waals surface area contributed by atoms with Gasteiger partial charge in [-0.25, -0.2) is 4.98 Å². The topological polar surface area (TPSA) is 53.4 Å². The van der Waals surface area contributed by atoms with Crippen molar-refractivity contribution in [2.45, 2.75) is 31.8 Å². The standard InChI is InChI=1S/C29H28ClNO2/c1-20(33)15-23-6-2-3-7-25(23)17-26(19-32)24-8-4-5-21(16-24)9-13-28-14-11-22-10-12-27(30)18-29(22)31-28/h2-14,16,18,20,26,32-33H,15,17,19H2,1H3/t20-,26+/m0/s1. The maximum atomic E-state index is 10.1. The Hall–Kier alpha value is -2.98. The average Bonchev–Trinajstić information content (AvgIpc) is 2.81. The first kappa shape index (κ1) is 23.2. The van der Waals surface area contributed by atoms with Crippen LogP contribution in [0.25, 0.3) is 23.1 Å². The number of fused-ring (bicyclic) bond motifs is 1. The Morgan fingerprint density at radius 2 is 1.64 bits per heavy atom. The Morgan fingerprint density at radius 1 is 0.879 bits per heavy atom. The fourth-order valence-electron chi connectivity index (χ4n) is 4.12. The number of hydrogen-bond donors (Lipinski definition) is 2. The van der Waals surface area contributed by atoms with Crippen molar-refractivity contribution in [2.24, 2.45) is 0 Å². The van der Waals surface area contributed by atoms with Crippen molar-refractivity contribution in [1.82, 2.24) is 4.98 Å². The summed E-state index contributed by atoms with van der Waals surface area (Å²) in [5.41, 5.74) is 6.17. The normalized spacial score (nSPS) is 13.5. The van der Waals surface area contributed by atoms with Gasteiger partial charge >= 0.3 is 0 Å². The van der Waals surface area contributed by atoms with Gasteiger partial charge in [0.25, 0.3) is 0 Å². The lowest BCUT2D eigenvalue weighted by molar-refractivity contribution is 0.195. The van der Waals surface area contributed by atoms with E-state index in [0.717, 1.165) is 45.3 Å². The molecule has 0 unspecified atom stereocenters. The van der Waals surface area contributed by atoms with Gasteiger partial charge in [0.2, 0.25) is 0 Å². The molecule has 168 valence electrons. The summed E-state index contributed by atoms with van der Waals surface area (Å²) in [7, 11) is 0. The van der Waals surface area contributed by atoms with Gasteiger partial charge in [0, 0.05) is 16.3 Å². The zero-order valence-electron chi connectivity index (χ0n) is 18.7. The Balaban J connectivity index is 1.54. The molecule has 2 N–H and O–H groups in total. The van der Waals surface area contributed by atoms with Crippen molar-refractivity contribution in [3.05, 3.63) is 112 Å². The molecule has 3 nitrogen and oxygen atoms in total. The largest absolute Gasteiger partial charge is 0.396 e. The van der Waals surface area contributed by atoms with Crippen LogP contribution in [0.15, 0.2) is 78.9 Å². The summed E-state index contributed by atoms with van der Waals surface area (Å²) in [5, 5.41) is 21.7. The van der Waals surface area contributed by atoms with Crippen LogP contribution in [-0.4, -0.2) is 27.9 Å². The fourth-order valence-corrected chi connectivity index (χ4v) is 4.29. The molecule has 0 bridgehead atoms. The SMILES string of the molecule is C[C@H](O)Cc1ccccc1C[C@H](CO)c1cccc(C=Cc2ccc3ccc(Cl)cc3n2)c1. The second kappa shape index (κ2) is 10.8. The van der Waals surface area contributed by atoms with Gasteiger partial charge < -0.3 is 10.2 Å². The second-order valence-corrected chi connectivity index (χ2v) is 8.92. The van der Waals surface area contributed by atoms with E-state index in [-0.39, 0.29) is 12.5 Å². The molecular weight excluding hydrogens is 430 g/mol. The molecule has 33 heavy (non-hydrogen) atoms. The highest BCUT2D eigenvalue weighted by Gasteiger charge is 2.14.